The summed E-state index contributed by atoms with van der Waals surface area (Å²) in [5, 5.41) is 9.98. The number of likely N-dealkylation sites (N-methyl/N-ethyl adjacent to an activating group) is 1. The molecular weight excluding hydrogens is 311 g/mol. The van der Waals surface area contributed by atoms with Crippen molar-refractivity contribution in [1.29, 1.82) is 0 Å². The van der Waals surface area contributed by atoms with Gasteiger partial charge in [0.1, 0.15) is 11.6 Å². The molecule has 1 aromatic heterocycles. The second-order valence-electron chi connectivity index (χ2n) is 6.22. The Bertz CT molecular complexity index is 689. The minimum atomic E-state index is -0.513. The molecule has 1 aliphatic rings. The zero-order valence-corrected chi connectivity index (χ0v) is 13.6. The molecule has 1 aromatic carbocycles. The zero-order chi connectivity index (χ0) is 17.1. The van der Waals surface area contributed by atoms with Crippen LogP contribution in [-0.2, 0) is 11.3 Å². The van der Waals surface area contributed by atoms with Crippen molar-refractivity contribution >= 4 is 5.91 Å². The van der Waals surface area contributed by atoms with E-state index < -0.39 is 6.10 Å². The van der Waals surface area contributed by atoms with Crippen LogP contribution < -0.4 is 0 Å². The summed E-state index contributed by atoms with van der Waals surface area (Å²) in [7, 11) is 1.72. The molecule has 1 aliphatic heterocycles. The summed E-state index contributed by atoms with van der Waals surface area (Å²) in [5.74, 6) is 0.339. The lowest BCUT2D eigenvalue weighted by Gasteiger charge is -2.26. The summed E-state index contributed by atoms with van der Waals surface area (Å²) >= 11 is 0. The van der Waals surface area contributed by atoms with Crippen molar-refractivity contribution in [1.82, 2.24) is 9.80 Å². The number of nitrogens with zero attached hydrogens (tertiary/aromatic N) is 2. The summed E-state index contributed by atoms with van der Waals surface area (Å²) in [6.45, 7) is 0.976. The highest BCUT2D eigenvalue weighted by Gasteiger charge is 2.33. The average molecular weight is 332 g/mol. The number of carbonyl (C=O) groups excluding carboxylic acids is 1. The van der Waals surface area contributed by atoms with Gasteiger partial charge in [-0.25, -0.2) is 4.39 Å². The monoisotopic (exact) mass is 332 g/mol. The Labute approximate surface area is 140 Å². The lowest BCUT2D eigenvalue weighted by Crippen LogP contribution is -2.38. The van der Waals surface area contributed by atoms with Crippen LogP contribution >= 0.6 is 0 Å². The van der Waals surface area contributed by atoms with Gasteiger partial charge in [-0.15, -0.1) is 0 Å². The van der Waals surface area contributed by atoms with Crippen LogP contribution in [0, 0.1) is 5.82 Å². The first-order valence-electron chi connectivity index (χ1n) is 7.97. The van der Waals surface area contributed by atoms with Gasteiger partial charge < -0.3 is 14.4 Å². The highest BCUT2D eigenvalue weighted by molar-refractivity contribution is 5.78. The van der Waals surface area contributed by atoms with Gasteiger partial charge in [0.05, 0.1) is 25.5 Å². The molecule has 0 aliphatic carbocycles. The maximum Gasteiger partial charge on any atom is 0.236 e. The van der Waals surface area contributed by atoms with Gasteiger partial charge in [0.25, 0.3) is 0 Å². The van der Waals surface area contributed by atoms with Gasteiger partial charge in [-0.05, 0) is 36.2 Å². The minimum absolute atomic E-state index is 0.0677. The number of hydrogen-bond acceptors (Lipinski definition) is 4. The Morgan fingerprint density at radius 2 is 2.25 bits per heavy atom. The Kier molecular flexibility index (Phi) is 4.97. The topological polar surface area (TPSA) is 56.9 Å². The molecule has 2 aromatic rings. The van der Waals surface area contributed by atoms with Gasteiger partial charge in [-0.1, -0.05) is 12.1 Å². The van der Waals surface area contributed by atoms with E-state index in [1.807, 2.05) is 17.0 Å². The molecule has 6 heteroatoms. The number of carbonyl (C=O) groups is 1. The largest absolute Gasteiger partial charge is 0.467 e. The molecule has 24 heavy (non-hydrogen) atoms. The first-order chi connectivity index (χ1) is 11.5. The van der Waals surface area contributed by atoms with Crippen LogP contribution in [0.4, 0.5) is 4.39 Å². The highest BCUT2D eigenvalue weighted by atomic mass is 19.1. The van der Waals surface area contributed by atoms with E-state index in [4.69, 9.17) is 4.42 Å². The molecule has 1 amide bonds. The predicted octanol–water partition coefficient (Wildman–Crippen LogP) is 2.19. The van der Waals surface area contributed by atoms with Crippen molar-refractivity contribution in [3.8, 4) is 0 Å². The molecule has 0 bridgehead atoms. The fraction of sp³-hybridized carbons (Fsp3) is 0.389. The standard InChI is InChI=1S/C18H21FN2O3/c1-20(11-16-6-3-7-24-16)18(23)12-21-10-15(22)9-17(21)13-4-2-5-14(19)8-13/h2-8,15,17,22H,9-12H2,1H3/t15-,17+/m1/s1. The summed E-state index contributed by atoms with van der Waals surface area (Å²) in [4.78, 5) is 16.0. The van der Waals surface area contributed by atoms with E-state index in [1.54, 1.807) is 30.3 Å². The second-order valence-corrected chi connectivity index (χ2v) is 6.22. The lowest BCUT2D eigenvalue weighted by molar-refractivity contribution is -0.132. The zero-order valence-electron chi connectivity index (χ0n) is 13.6. The number of β-amino-alcohol motifs (C(OH)–C–C–N with tert-alkyl or cyclic N) is 1. The summed E-state index contributed by atoms with van der Waals surface area (Å²) < 4.78 is 18.7. The summed E-state index contributed by atoms with van der Waals surface area (Å²) in [6.07, 6.45) is 1.56. The number of aliphatic hydroxyl groups excluding tert-OH is 1. The number of halogens is 1. The normalized spacial score (nSPS) is 21.1. The van der Waals surface area contributed by atoms with Crippen molar-refractivity contribution in [3.63, 3.8) is 0 Å². The van der Waals surface area contributed by atoms with Crippen molar-refractivity contribution in [3.05, 3.63) is 59.8 Å². The molecule has 2 heterocycles. The van der Waals surface area contributed by atoms with Crippen LogP contribution in [-0.4, -0.2) is 47.1 Å². The molecule has 0 saturated carbocycles. The fourth-order valence-electron chi connectivity index (χ4n) is 3.13. The highest BCUT2D eigenvalue weighted by Crippen LogP contribution is 2.32. The molecule has 0 radical (unpaired) electrons. The van der Waals surface area contributed by atoms with E-state index in [2.05, 4.69) is 0 Å². The molecule has 1 N–H and O–H groups in total. The first kappa shape index (κ1) is 16.7. The van der Waals surface area contributed by atoms with Crippen LogP contribution in [0.25, 0.3) is 0 Å². The van der Waals surface area contributed by atoms with E-state index in [9.17, 15) is 14.3 Å². The molecule has 128 valence electrons. The average Bonchev–Trinajstić information content (AvgIpc) is 3.17. The van der Waals surface area contributed by atoms with E-state index in [0.717, 1.165) is 5.56 Å². The summed E-state index contributed by atoms with van der Waals surface area (Å²) in [5.41, 5.74) is 0.785. The number of amides is 1. The van der Waals surface area contributed by atoms with Gasteiger partial charge in [0, 0.05) is 19.6 Å². The third kappa shape index (κ3) is 3.83. The fourth-order valence-corrected chi connectivity index (χ4v) is 3.13. The van der Waals surface area contributed by atoms with Crippen LogP contribution in [0.2, 0.25) is 0 Å². The third-order valence-electron chi connectivity index (χ3n) is 4.35. The van der Waals surface area contributed by atoms with Crippen molar-refractivity contribution in [2.75, 3.05) is 20.1 Å². The Morgan fingerprint density at radius 1 is 1.42 bits per heavy atom. The number of aliphatic hydroxyl groups is 1. The minimum Gasteiger partial charge on any atom is -0.467 e. The van der Waals surface area contributed by atoms with E-state index in [-0.39, 0.29) is 24.3 Å². The Hall–Kier alpha value is -2.18. The van der Waals surface area contributed by atoms with Crippen LogP contribution in [0.5, 0.6) is 0 Å². The Morgan fingerprint density at radius 3 is 2.96 bits per heavy atom. The molecule has 1 fully saturated rings. The molecular formula is C18H21FN2O3. The SMILES string of the molecule is CN(Cc1ccco1)C(=O)CN1C[C@H](O)C[C@H]1c1cccc(F)c1. The third-order valence-corrected chi connectivity index (χ3v) is 4.35. The van der Waals surface area contributed by atoms with E-state index >= 15 is 0 Å². The molecule has 1 saturated heterocycles. The molecule has 0 unspecified atom stereocenters. The molecule has 5 nitrogen and oxygen atoms in total. The van der Waals surface area contributed by atoms with Crippen LogP contribution in [0.15, 0.2) is 47.1 Å². The van der Waals surface area contributed by atoms with Gasteiger partial charge in [0.15, 0.2) is 0 Å². The van der Waals surface area contributed by atoms with E-state index in [0.29, 0.717) is 25.3 Å². The molecule has 3 rings (SSSR count). The smallest absolute Gasteiger partial charge is 0.236 e. The number of hydrogen-bond donors (Lipinski definition) is 1. The predicted molar refractivity (Wildman–Crippen MR) is 86.5 cm³/mol. The maximum absolute atomic E-state index is 13.5. The van der Waals surface area contributed by atoms with Gasteiger partial charge in [-0.3, -0.25) is 9.69 Å². The lowest BCUT2D eigenvalue weighted by atomic mass is 10.0. The first-order valence-corrected chi connectivity index (χ1v) is 7.97. The number of likely N-dealkylation sites (tertiary alicyclic amines) is 1. The molecule has 2 atom stereocenters. The number of furan rings is 1. The van der Waals surface area contributed by atoms with Gasteiger partial charge in [-0.2, -0.15) is 0 Å². The molecule has 0 spiro atoms. The maximum atomic E-state index is 13.5. The van der Waals surface area contributed by atoms with Gasteiger partial charge >= 0.3 is 0 Å². The van der Waals surface area contributed by atoms with Crippen molar-refractivity contribution < 1.29 is 18.7 Å². The number of benzene rings is 1. The van der Waals surface area contributed by atoms with Crippen molar-refractivity contribution in [2.24, 2.45) is 0 Å². The van der Waals surface area contributed by atoms with E-state index in [1.165, 1.54) is 12.1 Å². The van der Waals surface area contributed by atoms with Gasteiger partial charge in [0.2, 0.25) is 5.91 Å². The Balaban J connectivity index is 1.66. The quantitative estimate of drug-likeness (QED) is 0.912. The van der Waals surface area contributed by atoms with Crippen LogP contribution in [0.1, 0.15) is 23.8 Å². The van der Waals surface area contributed by atoms with Crippen LogP contribution in [0.3, 0.4) is 0 Å². The summed E-state index contributed by atoms with van der Waals surface area (Å²) in [6, 6.07) is 9.78. The van der Waals surface area contributed by atoms with Crippen molar-refractivity contribution in [2.45, 2.75) is 25.1 Å². The number of rotatable bonds is 5. The second kappa shape index (κ2) is 7.15.